The molecule has 0 bridgehead atoms. The van der Waals surface area contributed by atoms with Crippen molar-refractivity contribution in [3.63, 3.8) is 0 Å². The van der Waals surface area contributed by atoms with Crippen LogP contribution in [-0.4, -0.2) is 49.6 Å². The molecule has 1 fully saturated rings. The molecular weight excluding hydrogens is 250 g/mol. The van der Waals surface area contributed by atoms with Gasteiger partial charge in [-0.15, -0.1) is 0 Å². The van der Waals surface area contributed by atoms with Gasteiger partial charge >= 0.3 is 0 Å². The van der Waals surface area contributed by atoms with Gasteiger partial charge in [0, 0.05) is 39.1 Å². The smallest absolute Gasteiger partial charge is 0.216 e. The third-order valence-electron chi connectivity index (χ3n) is 4.15. The molecule has 0 spiro atoms. The Morgan fingerprint density at radius 1 is 1.30 bits per heavy atom. The summed E-state index contributed by atoms with van der Waals surface area (Å²) in [6.45, 7) is 13.6. The molecule has 118 valence electrons. The molecule has 4 nitrogen and oxygen atoms in total. The standard InChI is InChI=1S/C16H33N3O/c1-5-15-10-16(18-7-6-13(2)3)12-19(11-15)9-8-17-14(4)20/h13,15-16,18H,5-12H2,1-4H3,(H,17,20). The van der Waals surface area contributed by atoms with Crippen molar-refractivity contribution >= 4 is 5.91 Å². The van der Waals surface area contributed by atoms with Crippen LogP contribution < -0.4 is 10.6 Å². The van der Waals surface area contributed by atoms with Crippen molar-refractivity contribution in [2.24, 2.45) is 11.8 Å². The fourth-order valence-corrected chi connectivity index (χ4v) is 2.90. The van der Waals surface area contributed by atoms with Crippen molar-refractivity contribution in [1.82, 2.24) is 15.5 Å². The summed E-state index contributed by atoms with van der Waals surface area (Å²) in [5.74, 6) is 1.63. The molecule has 1 rings (SSSR count). The average Bonchev–Trinajstić information content (AvgIpc) is 2.37. The van der Waals surface area contributed by atoms with Gasteiger partial charge in [0.25, 0.3) is 0 Å². The predicted molar refractivity (Wildman–Crippen MR) is 84.8 cm³/mol. The third-order valence-corrected chi connectivity index (χ3v) is 4.15. The van der Waals surface area contributed by atoms with Crippen LogP contribution in [0.15, 0.2) is 0 Å². The molecule has 2 N–H and O–H groups in total. The Hall–Kier alpha value is -0.610. The van der Waals surface area contributed by atoms with E-state index in [1.54, 1.807) is 6.92 Å². The third kappa shape index (κ3) is 7.25. The molecule has 20 heavy (non-hydrogen) atoms. The first-order valence-corrected chi connectivity index (χ1v) is 8.21. The van der Waals surface area contributed by atoms with E-state index in [4.69, 9.17) is 0 Å². The first kappa shape index (κ1) is 17.4. The van der Waals surface area contributed by atoms with Crippen molar-refractivity contribution in [1.29, 1.82) is 0 Å². The average molecular weight is 283 g/mol. The topological polar surface area (TPSA) is 44.4 Å². The van der Waals surface area contributed by atoms with Gasteiger partial charge < -0.3 is 10.6 Å². The maximum absolute atomic E-state index is 10.9. The highest BCUT2D eigenvalue weighted by molar-refractivity contribution is 5.72. The summed E-state index contributed by atoms with van der Waals surface area (Å²) >= 11 is 0. The Balaban J connectivity index is 2.33. The normalized spacial score (nSPS) is 24.1. The largest absolute Gasteiger partial charge is 0.355 e. The van der Waals surface area contributed by atoms with E-state index in [9.17, 15) is 4.79 Å². The van der Waals surface area contributed by atoms with E-state index in [0.717, 1.165) is 38.0 Å². The summed E-state index contributed by atoms with van der Waals surface area (Å²) in [5, 5.41) is 6.61. The Bertz CT molecular complexity index is 281. The molecule has 1 aliphatic rings. The first-order valence-electron chi connectivity index (χ1n) is 8.21. The van der Waals surface area contributed by atoms with Crippen LogP contribution in [0.5, 0.6) is 0 Å². The second kappa shape index (κ2) is 9.35. The van der Waals surface area contributed by atoms with Gasteiger partial charge in [-0.1, -0.05) is 27.2 Å². The van der Waals surface area contributed by atoms with Gasteiger partial charge in [0.15, 0.2) is 0 Å². The van der Waals surface area contributed by atoms with E-state index in [1.807, 2.05) is 0 Å². The molecule has 0 aromatic carbocycles. The molecule has 0 saturated carbocycles. The number of piperidine rings is 1. The zero-order valence-electron chi connectivity index (χ0n) is 13.7. The van der Waals surface area contributed by atoms with E-state index >= 15 is 0 Å². The summed E-state index contributed by atoms with van der Waals surface area (Å²) in [4.78, 5) is 13.4. The van der Waals surface area contributed by atoms with Crippen molar-refractivity contribution in [2.45, 2.75) is 53.0 Å². The van der Waals surface area contributed by atoms with Gasteiger partial charge in [0.1, 0.15) is 0 Å². The summed E-state index contributed by atoms with van der Waals surface area (Å²) in [5.41, 5.74) is 0. The molecule has 0 radical (unpaired) electrons. The highest BCUT2D eigenvalue weighted by atomic mass is 16.1. The summed E-state index contributed by atoms with van der Waals surface area (Å²) in [6, 6.07) is 0.616. The van der Waals surface area contributed by atoms with Crippen LogP contribution in [-0.2, 0) is 4.79 Å². The number of likely N-dealkylation sites (tertiary alicyclic amines) is 1. The maximum atomic E-state index is 10.9. The summed E-state index contributed by atoms with van der Waals surface area (Å²) < 4.78 is 0. The van der Waals surface area contributed by atoms with E-state index in [2.05, 4.69) is 36.3 Å². The fourth-order valence-electron chi connectivity index (χ4n) is 2.90. The number of carbonyl (C=O) groups is 1. The van der Waals surface area contributed by atoms with Gasteiger partial charge in [0.2, 0.25) is 5.91 Å². The van der Waals surface area contributed by atoms with Crippen LogP contribution in [0.25, 0.3) is 0 Å². The summed E-state index contributed by atoms with van der Waals surface area (Å²) in [7, 11) is 0. The van der Waals surface area contributed by atoms with Crippen molar-refractivity contribution in [2.75, 3.05) is 32.7 Å². The molecule has 1 aliphatic heterocycles. The van der Waals surface area contributed by atoms with Crippen LogP contribution in [0.4, 0.5) is 0 Å². The minimum absolute atomic E-state index is 0.0701. The molecule has 0 aromatic rings. The maximum Gasteiger partial charge on any atom is 0.216 e. The Kier molecular flexibility index (Phi) is 8.15. The molecule has 2 unspecified atom stereocenters. The lowest BCUT2D eigenvalue weighted by atomic mass is 9.92. The lowest BCUT2D eigenvalue weighted by Gasteiger charge is -2.38. The lowest BCUT2D eigenvalue weighted by Crippen LogP contribution is -2.51. The minimum Gasteiger partial charge on any atom is -0.355 e. The number of amides is 1. The molecule has 1 saturated heterocycles. The molecule has 0 aliphatic carbocycles. The first-order chi connectivity index (χ1) is 9.51. The molecule has 0 aromatic heterocycles. The van der Waals surface area contributed by atoms with Crippen LogP contribution in [0, 0.1) is 11.8 Å². The number of nitrogens with one attached hydrogen (secondary N) is 2. The van der Waals surface area contributed by atoms with Gasteiger partial charge in [-0.05, 0) is 31.2 Å². The molecule has 1 heterocycles. The van der Waals surface area contributed by atoms with E-state index in [0.29, 0.717) is 6.04 Å². The predicted octanol–water partition coefficient (Wildman–Crippen LogP) is 1.86. The number of hydrogen-bond acceptors (Lipinski definition) is 3. The number of rotatable bonds is 8. The number of hydrogen-bond donors (Lipinski definition) is 2. The van der Waals surface area contributed by atoms with Crippen molar-refractivity contribution in [3.05, 3.63) is 0 Å². The molecule has 2 atom stereocenters. The van der Waals surface area contributed by atoms with E-state index in [-0.39, 0.29) is 5.91 Å². The number of nitrogens with zero attached hydrogens (tertiary/aromatic N) is 1. The Morgan fingerprint density at radius 3 is 2.65 bits per heavy atom. The van der Waals surface area contributed by atoms with E-state index < -0.39 is 0 Å². The SMILES string of the molecule is CCC1CC(NCCC(C)C)CN(CCNC(C)=O)C1. The Morgan fingerprint density at radius 2 is 2.05 bits per heavy atom. The molecule has 4 heteroatoms. The van der Waals surface area contributed by atoms with Gasteiger partial charge in [-0.25, -0.2) is 0 Å². The van der Waals surface area contributed by atoms with Gasteiger partial charge in [-0.3, -0.25) is 9.69 Å². The van der Waals surface area contributed by atoms with Crippen LogP contribution in [0.2, 0.25) is 0 Å². The fraction of sp³-hybridized carbons (Fsp3) is 0.938. The minimum atomic E-state index is 0.0701. The zero-order valence-corrected chi connectivity index (χ0v) is 13.7. The van der Waals surface area contributed by atoms with Crippen LogP contribution in [0.1, 0.15) is 47.0 Å². The van der Waals surface area contributed by atoms with Crippen LogP contribution in [0.3, 0.4) is 0 Å². The quantitative estimate of drug-likeness (QED) is 0.714. The van der Waals surface area contributed by atoms with E-state index in [1.165, 1.54) is 25.8 Å². The second-order valence-corrected chi connectivity index (χ2v) is 6.59. The van der Waals surface area contributed by atoms with Crippen LogP contribution >= 0.6 is 0 Å². The molecular formula is C16H33N3O. The summed E-state index contributed by atoms with van der Waals surface area (Å²) in [6.07, 6.45) is 3.80. The van der Waals surface area contributed by atoms with Gasteiger partial charge in [0.05, 0.1) is 0 Å². The van der Waals surface area contributed by atoms with Gasteiger partial charge in [-0.2, -0.15) is 0 Å². The van der Waals surface area contributed by atoms with Crippen molar-refractivity contribution in [3.8, 4) is 0 Å². The molecule has 1 amide bonds. The second-order valence-electron chi connectivity index (χ2n) is 6.59. The monoisotopic (exact) mass is 283 g/mol. The Labute approximate surface area is 124 Å². The number of carbonyl (C=O) groups excluding carboxylic acids is 1. The zero-order chi connectivity index (χ0) is 15.0. The van der Waals surface area contributed by atoms with Crippen molar-refractivity contribution < 1.29 is 4.79 Å². The highest BCUT2D eigenvalue weighted by Gasteiger charge is 2.25. The lowest BCUT2D eigenvalue weighted by molar-refractivity contribution is -0.119. The highest BCUT2D eigenvalue weighted by Crippen LogP contribution is 2.19.